The third kappa shape index (κ3) is 2.87. The van der Waals surface area contributed by atoms with Crippen LogP contribution < -0.4 is 5.32 Å². The highest BCUT2D eigenvalue weighted by Gasteiger charge is 2.14. The van der Waals surface area contributed by atoms with Gasteiger partial charge in [0.15, 0.2) is 0 Å². The molecule has 0 spiro atoms. The van der Waals surface area contributed by atoms with Crippen LogP contribution in [0.5, 0.6) is 0 Å². The quantitative estimate of drug-likeness (QED) is 0.906. The van der Waals surface area contributed by atoms with E-state index in [1.54, 1.807) is 12.4 Å². The lowest BCUT2D eigenvalue weighted by Gasteiger charge is -2.09. The topological polar surface area (TPSA) is 62.2 Å². The van der Waals surface area contributed by atoms with Gasteiger partial charge in [-0.2, -0.15) is 0 Å². The van der Waals surface area contributed by atoms with Crippen LogP contribution in [0.3, 0.4) is 0 Å². The van der Waals surface area contributed by atoms with Gasteiger partial charge in [-0.1, -0.05) is 0 Å². The van der Waals surface area contributed by atoms with E-state index in [-0.39, 0.29) is 12.2 Å². The van der Waals surface area contributed by atoms with Gasteiger partial charge >= 0.3 is 5.97 Å². The summed E-state index contributed by atoms with van der Waals surface area (Å²) >= 11 is 1.38. The summed E-state index contributed by atoms with van der Waals surface area (Å²) in [5, 5.41) is 11.3. The minimum absolute atomic E-state index is 0.233. The summed E-state index contributed by atoms with van der Waals surface area (Å²) in [6.45, 7) is 2.03. The van der Waals surface area contributed by atoms with Crippen molar-refractivity contribution in [3.8, 4) is 0 Å². The number of carbonyl (C=O) groups is 1. The monoisotopic (exact) mass is 284 g/mol. The van der Waals surface area contributed by atoms with Gasteiger partial charge in [0.05, 0.1) is 23.3 Å². The maximum atomic E-state index is 13.6. The second kappa shape index (κ2) is 5.31. The number of aromatic nitrogens is 1. The van der Waals surface area contributed by atoms with E-state index in [1.807, 2.05) is 0 Å². The Balaban J connectivity index is 2.21. The fraction of sp³-hybridized carbons (Fsp3) is 0.167. The molecule has 1 aromatic heterocycles. The summed E-state index contributed by atoms with van der Waals surface area (Å²) in [6, 6.07) is 1.57. The molecule has 2 aromatic rings. The van der Waals surface area contributed by atoms with Crippen molar-refractivity contribution < 1.29 is 18.7 Å². The van der Waals surface area contributed by atoms with E-state index in [0.29, 0.717) is 0 Å². The van der Waals surface area contributed by atoms with E-state index in [2.05, 4.69) is 10.3 Å². The molecule has 19 heavy (non-hydrogen) atoms. The smallest absolute Gasteiger partial charge is 0.335 e. The molecule has 0 amide bonds. The van der Waals surface area contributed by atoms with E-state index in [1.165, 1.54) is 11.3 Å². The van der Waals surface area contributed by atoms with Crippen molar-refractivity contribution in [1.82, 2.24) is 4.98 Å². The molecule has 100 valence electrons. The van der Waals surface area contributed by atoms with Crippen molar-refractivity contribution in [3.63, 3.8) is 0 Å². The van der Waals surface area contributed by atoms with Crippen LogP contribution in [-0.2, 0) is 6.54 Å². The van der Waals surface area contributed by atoms with Gasteiger partial charge in [-0.15, -0.1) is 11.3 Å². The molecule has 0 radical (unpaired) electrons. The number of carboxylic acids is 1. The molecule has 0 aliphatic rings. The number of rotatable bonds is 4. The summed E-state index contributed by atoms with van der Waals surface area (Å²) in [4.78, 5) is 15.5. The van der Waals surface area contributed by atoms with Crippen LogP contribution in [0.4, 0.5) is 14.5 Å². The van der Waals surface area contributed by atoms with Crippen LogP contribution in [0, 0.1) is 18.6 Å². The van der Waals surface area contributed by atoms with Crippen LogP contribution in [0.2, 0.25) is 0 Å². The third-order valence-corrected chi connectivity index (χ3v) is 3.49. The number of carboxylic acid groups (broad SMARTS) is 1. The van der Waals surface area contributed by atoms with E-state index < -0.39 is 23.2 Å². The lowest BCUT2D eigenvalue weighted by Crippen LogP contribution is -2.06. The van der Waals surface area contributed by atoms with Gasteiger partial charge < -0.3 is 10.4 Å². The van der Waals surface area contributed by atoms with Gasteiger partial charge in [0.1, 0.15) is 17.3 Å². The van der Waals surface area contributed by atoms with Gasteiger partial charge in [-0.3, -0.25) is 0 Å². The fourth-order valence-corrected chi connectivity index (χ4v) is 2.25. The van der Waals surface area contributed by atoms with Crippen LogP contribution in [0.15, 0.2) is 17.6 Å². The maximum absolute atomic E-state index is 13.6. The molecule has 0 saturated heterocycles. The lowest BCUT2D eigenvalue weighted by atomic mass is 10.2. The first kappa shape index (κ1) is 13.4. The maximum Gasteiger partial charge on any atom is 0.335 e. The molecule has 7 heteroatoms. The van der Waals surface area contributed by atoms with Crippen molar-refractivity contribution >= 4 is 23.0 Å². The molecule has 0 aliphatic heterocycles. The predicted octanol–water partition coefficient (Wildman–Crippen LogP) is 3.04. The van der Waals surface area contributed by atoms with Gasteiger partial charge in [0.25, 0.3) is 0 Å². The zero-order chi connectivity index (χ0) is 14.0. The molecule has 2 rings (SSSR count). The number of hydrogen-bond donors (Lipinski definition) is 2. The second-order valence-corrected chi connectivity index (χ2v) is 4.77. The fourth-order valence-electron chi connectivity index (χ4n) is 1.53. The Labute approximate surface area is 111 Å². The van der Waals surface area contributed by atoms with Crippen molar-refractivity contribution in [3.05, 3.63) is 45.4 Å². The number of nitrogens with one attached hydrogen (secondary N) is 1. The van der Waals surface area contributed by atoms with Crippen molar-refractivity contribution in [2.45, 2.75) is 13.5 Å². The average Bonchev–Trinajstić information content (AvgIpc) is 2.73. The summed E-state index contributed by atoms with van der Waals surface area (Å²) in [7, 11) is 0. The molecule has 1 aromatic carbocycles. The highest BCUT2D eigenvalue weighted by molar-refractivity contribution is 7.09. The van der Waals surface area contributed by atoms with Gasteiger partial charge in [-0.05, 0) is 19.1 Å². The van der Waals surface area contributed by atoms with E-state index in [0.717, 1.165) is 22.7 Å². The highest BCUT2D eigenvalue weighted by atomic mass is 32.1. The molecule has 1 heterocycles. The molecule has 4 nitrogen and oxygen atoms in total. The zero-order valence-corrected chi connectivity index (χ0v) is 10.7. The van der Waals surface area contributed by atoms with Crippen molar-refractivity contribution in [2.24, 2.45) is 0 Å². The number of halogens is 2. The SMILES string of the molecule is Cc1ncsc1CNc1c(F)cc(C(=O)O)cc1F. The average molecular weight is 284 g/mol. The van der Waals surface area contributed by atoms with Crippen molar-refractivity contribution in [2.75, 3.05) is 5.32 Å². The Morgan fingerprint density at radius 3 is 2.53 bits per heavy atom. The molecular formula is C12H10F2N2O2S. The molecule has 0 fully saturated rings. The Kier molecular flexibility index (Phi) is 3.75. The van der Waals surface area contributed by atoms with E-state index in [9.17, 15) is 13.6 Å². The molecular weight excluding hydrogens is 274 g/mol. The molecule has 0 bridgehead atoms. The number of aryl methyl sites for hydroxylation is 1. The Bertz CT molecular complexity index is 605. The summed E-state index contributed by atoms with van der Waals surface area (Å²) < 4.78 is 27.2. The van der Waals surface area contributed by atoms with Gasteiger partial charge in [0.2, 0.25) is 0 Å². The third-order valence-electron chi connectivity index (χ3n) is 2.56. The first-order valence-corrected chi connectivity index (χ1v) is 6.22. The first-order valence-electron chi connectivity index (χ1n) is 5.34. The van der Waals surface area contributed by atoms with Gasteiger partial charge in [-0.25, -0.2) is 18.6 Å². The standard InChI is InChI=1S/C12H10F2N2O2S/c1-6-10(19-5-16-6)4-15-11-8(13)2-7(12(17)18)3-9(11)14/h2-3,5,15H,4H2,1H3,(H,17,18). The summed E-state index contributed by atoms with van der Waals surface area (Å²) in [5.41, 5.74) is 1.68. The predicted molar refractivity (Wildman–Crippen MR) is 67.5 cm³/mol. The number of nitrogens with zero attached hydrogens (tertiary/aromatic N) is 1. The lowest BCUT2D eigenvalue weighted by molar-refractivity contribution is 0.0696. The van der Waals surface area contributed by atoms with Crippen molar-refractivity contribution in [1.29, 1.82) is 0 Å². The molecule has 2 N–H and O–H groups in total. The first-order chi connectivity index (χ1) is 8.99. The Hall–Kier alpha value is -2.02. The number of benzene rings is 1. The molecule has 0 saturated carbocycles. The zero-order valence-electron chi connectivity index (χ0n) is 9.91. The number of hydrogen-bond acceptors (Lipinski definition) is 4. The molecule has 0 unspecified atom stereocenters. The number of thiazole rings is 1. The van der Waals surface area contributed by atoms with Crippen LogP contribution in [-0.4, -0.2) is 16.1 Å². The number of anilines is 1. The largest absolute Gasteiger partial charge is 0.478 e. The second-order valence-electron chi connectivity index (χ2n) is 3.83. The highest BCUT2D eigenvalue weighted by Crippen LogP contribution is 2.23. The van der Waals surface area contributed by atoms with E-state index in [4.69, 9.17) is 5.11 Å². The van der Waals surface area contributed by atoms with Crippen LogP contribution in [0.25, 0.3) is 0 Å². The molecule has 0 aliphatic carbocycles. The van der Waals surface area contributed by atoms with E-state index >= 15 is 0 Å². The Morgan fingerprint density at radius 2 is 2.05 bits per heavy atom. The minimum atomic E-state index is -1.37. The minimum Gasteiger partial charge on any atom is -0.478 e. The van der Waals surface area contributed by atoms with Crippen LogP contribution >= 0.6 is 11.3 Å². The summed E-state index contributed by atoms with van der Waals surface area (Å²) in [6.07, 6.45) is 0. The molecule has 0 atom stereocenters. The number of aromatic carboxylic acids is 1. The summed E-state index contributed by atoms with van der Waals surface area (Å²) in [5.74, 6) is -3.23. The Morgan fingerprint density at radius 1 is 1.42 bits per heavy atom. The normalized spacial score (nSPS) is 10.5. The van der Waals surface area contributed by atoms with Gasteiger partial charge in [0, 0.05) is 4.88 Å². The van der Waals surface area contributed by atoms with Crippen LogP contribution in [0.1, 0.15) is 20.9 Å².